The number of aromatic nitrogens is 3. The first-order valence-corrected chi connectivity index (χ1v) is 8.74. The molecular weight excluding hydrogens is 341 g/mol. The van der Waals surface area contributed by atoms with Gasteiger partial charge in [0.1, 0.15) is 0 Å². The van der Waals surface area contributed by atoms with Gasteiger partial charge in [-0.05, 0) is 56.3 Å². The lowest BCUT2D eigenvalue weighted by Crippen LogP contribution is -2.18. The first-order chi connectivity index (χ1) is 12.5. The standard InChI is InChI=1S/C19H19F3N4/c20-19(21,22)18-17-13(10-11-23)5-3-7-15(17)26(25-18)16-9-8-12-4-1-2-6-14(12)24-16/h1-2,4,6,8-9,13H,3,5,7,10-11,23H2. The van der Waals surface area contributed by atoms with Gasteiger partial charge in [-0.3, -0.25) is 0 Å². The number of hydrogen-bond acceptors (Lipinski definition) is 3. The van der Waals surface area contributed by atoms with Crippen molar-refractivity contribution >= 4 is 10.9 Å². The number of nitrogens with zero attached hydrogens (tertiary/aromatic N) is 3. The van der Waals surface area contributed by atoms with Crippen LogP contribution in [0.3, 0.4) is 0 Å². The van der Waals surface area contributed by atoms with E-state index in [9.17, 15) is 13.2 Å². The van der Waals surface area contributed by atoms with Crippen LogP contribution in [-0.2, 0) is 12.6 Å². The maximum atomic E-state index is 13.6. The Hall–Kier alpha value is -2.41. The third kappa shape index (κ3) is 2.86. The average Bonchev–Trinajstić information content (AvgIpc) is 3.03. The minimum atomic E-state index is -4.49. The topological polar surface area (TPSA) is 56.7 Å². The minimum Gasteiger partial charge on any atom is -0.330 e. The molecule has 0 saturated carbocycles. The summed E-state index contributed by atoms with van der Waals surface area (Å²) in [4.78, 5) is 4.53. The van der Waals surface area contributed by atoms with Crippen molar-refractivity contribution in [3.8, 4) is 5.82 Å². The minimum absolute atomic E-state index is 0.199. The lowest BCUT2D eigenvalue weighted by molar-refractivity contribution is -0.142. The van der Waals surface area contributed by atoms with Gasteiger partial charge in [0.25, 0.3) is 0 Å². The first kappa shape index (κ1) is 17.0. The molecule has 4 rings (SSSR count). The third-order valence-electron chi connectivity index (χ3n) is 4.98. The molecule has 1 aliphatic rings. The molecule has 0 radical (unpaired) electrons. The maximum Gasteiger partial charge on any atom is 0.435 e. The van der Waals surface area contributed by atoms with Crippen LogP contribution in [0.4, 0.5) is 13.2 Å². The Labute approximate surface area is 148 Å². The second-order valence-electron chi connectivity index (χ2n) is 6.65. The van der Waals surface area contributed by atoms with Crippen LogP contribution in [0.25, 0.3) is 16.7 Å². The van der Waals surface area contributed by atoms with Crippen LogP contribution in [0, 0.1) is 0 Å². The van der Waals surface area contributed by atoms with Crippen molar-refractivity contribution in [2.45, 2.75) is 37.8 Å². The molecule has 0 fully saturated rings. The molecule has 0 bridgehead atoms. The van der Waals surface area contributed by atoms with E-state index in [2.05, 4.69) is 10.1 Å². The Morgan fingerprint density at radius 1 is 1.15 bits per heavy atom. The summed E-state index contributed by atoms with van der Waals surface area (Å²) in [6.45, 7) is 0.362. The van der Waals surface area contributed by atoms with Gasteiger partial charge in [-0.2, -0.15) is 18.3 Å². The number of alkyl halides is 3. The van der Waals surface area contributed by atoms with Crippen LogP contribution in [-0.4, -0.2) is 21.3 Å². The zero-order chi connectivity index (χ0) is 18.3. The predicted octanol–water partition coefficient (Wildman–Crippen LogP) is 4.21. The van der Waals surface area contributed by atoms with Crippen LogP contribution >= 0.6 is 0 Å². The molecule has 136 valence electrons. The van der Waals surface area contributed by atoms with E-state index in [1.54, 1.807) is 6.07 Å². The van der Waals surface area contributed by atoms with Gasteiger partial charge in [-0.25, -0.2) is 9.67 Å². The highest BCUT2D eigenvalue weighted by Gasteiger charge is 2.42. The number of benzene rings is 1. The number of nitrogens with two attached hydrogens (primary N) is 1. The molecule has 2 N–H and O–H groups in total. The normalized spacial score (nSPS) is 17.5. The Morgan fingerprint density at radius 2 is 1.96 bits per heavy atom. The number of fused-ring (bicyclic) bond motifs is 2. The van der Waals surface area contributed by atoms with Crippen LogP contribution in [0.5, 0.6) is 0 Å². The summed E-state index contributed by atoms with van der Waals surface area (Å²) in [6.07, 6.45) is -1.85. The average molecular weight is 360 g/mol. The molecule has 4 nitrogen and oxygen atoms in total. The lowest BCUT2D eigenvalue weighted by Gasteiger charge is -2.24. The van der Waals surface area contributed by atoms with Gasteiger partial charge >= 0.3 is 6.18 Å². The van der Waals surface area contributed by atoms with E-state index in [0.29, 0.717) is 42.9 Å². The van der Waals surface area contributed by atoms with E-state index in [-0.39, 0.29) is 5.92 Å². The van der Waals surface area contributed by atoms with Crippen molar-refractivity contribution in [1.29, 1.82) is 0 Å². The fraction of sp³-hybridized carbons (Fsp3) is 0.368. The lowest BCUT2D eigenvalue weighted by atomic mass is 9.83. The van der Waals surface area contributed by atoms with Gasteiger partial charge in [-0.1, -0.05) is 18.2 Å². The van der Waals surface area contributed by atoms with Crippen LogP contribution in [0.15, 0.2) is 36.4 Å². The second-order valence-corrected chi connectivity index (χ2v) is 6.65. The first-order valence-electron chi connectivity index (χ1n) is 8.74. The van der Waals surface area contributed by atoms with E-state index >= 15 is 0 Å². The third-order valence-corrected chi connectivity index (χ3v) is 4.98. The van der Waals surface area contributed by atoms with Gasteiger partial charge < -0.3 is 5.73 Å². The molecule has 1 atom stereocenters. The summed E-state index contributed by atoms with van der Waals surface area (Å²) in [5, 5.41) is 4.90. The maximum absolute atomic E-state index is 13.6. The summed E-state index contributed by atoms with van der Waals surface area (Å²) in [5.74, 6) is 0.221. The van der Waals surface area contributed by atoms with Crippen molar-refractivity contribution in [1.82, 2.24) is 14.8 Å². The molecule has 2 heterocycles. The fourth-order valence-corrected chi connectivity index (χ4v) is 3.86. The Bertz CT molecular complexity index is 946. The van der Waals surface area contributed by atoms with Crippen molar-refractivity contribution in [2.24, 2.45) is 5.73 Å². The van der Waals surface area contributed by atoms with E-state index < -0.39 is 11.9 Å². The monoisotopic (exact) mass is 360 g/mol. The molecule has 3 aromatic rings. The van der Waals surface area contributed by atoms with Gasteiger partial charge in [-0.15, -0.1) is 0 Å². The number of para-hydroxylation sites is 1. The van der Waals surface area contributed by atoms with Crippen LogP contribution < -0.4 is 5.73 Å². The van der Waals surface area contributed by atoms with E-state index in [1.807, 2.05) is 30.3 Å². The Balaban J connectivity index is 1.91. The summed E-state index contributed by atoms with van der Waals surface area (Å²) < 4.78 is 42.3. The summed E-state index contributed by atoms with van der Waals surface area (Å²) in [6, 6.07) is 11.1. The van der Waals surface area contributed by atoms with Crippen LogP contribution in [0.2, 0.25) is 0 Å². The summed E-state index contributed by atoms with van der Waals surface area (Å²) >= 11 is 0. The fourth-order valence-electron chi connectivity index (χ4n) is 3.86. The molecule has 26 heavy (non-hydrogen) atoms. The largest absolute Gasteiger partial charge is 0.435 e. The van der Waals surface area contributed by atoms with Crippen molar-refractivity contribution in [3.63, 3.8) is 0 Å². The second kappa shape index (κ2) is 6.39. The zero-order valence-electron chi connectivity index (χ0n) is 14.1. The number of hydrogen-bond donors (Lipinski definition) is 1. The van der Waals surface area contributed by atoms with Gasteiger partial charge in [0.05, 0.1) is 11.2 Å². The summed E-state index contributed by atoms with van der Waals surface area (Å²) in [7, 11) is 0. The van der Waals surface area contributed by atoms with Gasteiger partial charge in [0.15, 0.2) is 11.5 Å². The van der Waals surface area contributed by atoms with Crippen LogP contribution in [0.1, 0.15) is 42.1 Å². The molecule has 2 aromatic heterocycles. The Morgan fingerprint density at radius 3 is 2.73 bits per heavy atom. The highest BCUT2D eigenvalue weighted by atomic mass is 19.4. The molecule has 0 amide bonds. The number of pyridine rings is 1. The zero-order valence-corrected chi connectivity index (χ0v) is 14.1. The highest BCUT2D eigenvalue weighted by Crippen LogP contribution is 2.42. The molecule has 7 heteroatoms. The molecule has 0 aliphatic heterocycles. The van der Waals surface area contributed by atoms with E-state index in [0.717, 1.165) is 17.3 Å². The Kier molecular flexibility index (Phi) is 4.19. The SMILES string of the molecule is NCCC1CCCc2c1c(C(F)(F)F)nn2-c1ccc2ccccc2n1. The number of rotatable bonds is 3. The molecule has 1 unspecified atom stereocenters. The molecular formula is C19H19F3N4. The van der Waals surface area contributed by atoms with E-state index in [1.165, 1.54) is 4.68 Å². The summed E-state index contributed by atoms with van der Waals surface area (Å²) in [5.41, 5.74) is 6.50. The quantitative estimate of drug-likeness (QED) is 0.761. The number of halogens is 3. The van der Waals surface area contributed by atoms with Gasteiger partial charge in [0.2, 0.25) is 0 Å². The van der Waals surface area contributed by atoms with Crippen molar-refractivity contribution in [2.75, 3.05) is 6.54 Å². The van der Waals surface area contributed by atoms with Crippen molar-refractivity contribution in [3.05, 3.63) is 53.3 Å². The molecule has 0 spiro atoms. The molecule has 0 saturated heterocycles. The molecule has 1 aromatic carbocycles. The smallest absolute Gasteiger partial charge is 0.330 e. The van der Waals surface area contributed by atoms with Gasteiger partial charge in [0, 0.05) is 10.9 Å². The van der Waals surface area contributed by atoms with Crippen molar-refractivity contribution < 1.29 is 13.2 Å². The molecule has 1 aliphatic carbocycles. The van der Waals surface area contributed by atoms with E-state index in [4.69, 9.17) is 5.73 Å². The predicted molar refractivity (Wildman–Crippen MR) is 93.2 cm³/mol. The highest BCUT2D eigenvalue weighted by molar-refractivity contribution is 5.79.